The van der Waals surface area contributed by atoms with Crippen LogP contribution in [0, 0.1) is 0 Å². The number of nitrogens with zero attached hydrogens (tertiary/aromatic N) is 2. The van der Waals surface area contributed by atoms with E-state index in [0.717, 1.165) is 27.8 Å². The Morgan fingerprint density at radius 2 is 1.56 bits per heavy atom. The maximum absolute atomic E-state index is 5.64. The maximum atomic E-state index is 5.64. The number of benzene rings is 2. The van der Waals surface area contributed by atoms with Crippen LogP contribution in [0.3, 0.4) is 0 Å². The second-order valence-electron chi connectivity index (χ2n) is 3.95. The highest BCUT2D eigenvalue weighted by Crippen LogP contribution is 2.30. The van der Waals surface area contributed by atoms with Crippen LogP contribution < -0.4 is 11.3 Å². The lowest BCUT2D eigenvalue weighted by molar-refractivity contribution is 1.08. The zero-order valence-electron chi connectivity index (χ0n) is 9.67. The van der Waals surface area contributed by atoms with Crippen LogP contribution in [0.25, 0.3) is 22.2 Å². The molecular weight excluding hydrogens is 224 g/mol. The summed E-state index contributed by atoms with van der Waals surface area (Å²) in [5.74, 6) is 5.64. The Bertz CT molecular complexity index is 680. The highest BCUT2D eigenvalue weighted by molar-refractivity contribution is 5.97. The first-order chi connectivity index (χ1) is 8.90. The van der Waals surface area contributed by atoms with Crippen LogP contribution in [-0.2, 0) is 0 Å². The van der Waals surface area contributed by atoms with Crippen molar-refractivity contribution >= 4 is 16.6 Å². The van der Waals surface area contributed by atoms with E-state index in [1.165, 1.54) is 0 Å². The van der Waals surface area contributed by atoms with Crippen LogP contribution >= 0.6 is 0 Å². The van der Waals surface area contributed by atoms with Crippen molar-refractivity contribution in [3.05, 3.63) is 54.6 Å². The molecule has 3 aromatic rings. The molecule has 0 aliphatic heterocycles. The number of hydrogen-bond acceptors (Lipinski definition) is 4. The minimum absolute atomic E-state index is 0.761. The number of nitrogens with one attached hydrogen (secondary N) is 1. The van der Waals surface area contributed by atoms with Crippen LogP contribution in [0.15, 0.2) is 54.6 Å². The van der Waals surface area contributed by atoms with Gasteiger partial charge in [0.15, 0.2) is 0 Å². The van der Waals surface area contributed by atoms with Crippen molar-refractivity contribution in [2.24, 2.45) is 5.84 Å². The summed E-state index contributed by atoms with van der Waals surface area (Å²) in [7, 11) is 0. The van der Waals surface area contributed by atoms with Gasteiger partial charge in [-0.15, -0.1) is 10.2 Å². The molecule has 0 saturated heterocycles. The molecule has 0 bridgehead atoms. The Labute approximate surface area is 104 Å². The molecule has 0 fully saturated rings. The molecule has 0 aliphatic rings. The molecular formula is C14H12N4. The predicted molar refractivity (Wildman–Crippen MR) is 72.8 cm³/mol. The fourth-order valence-electron chi connectivity index (χ4n) is 2.00. The monoisotopic (exact) mass is 236 g/mol. The zero-order chi connectivity index (χ0) is 12.4. The Morgan fingerprint density at radius 1 is 0.833 bits per heavy atom. The van der Waals surface area contributed by atoms with Crippen molar-refractivity contribution in [3.8, 4) is 11.3 Å². The van der Waals surface area contributed by atoms with Crippen molar-refractivity contribution in [1.82, 2.24) is 10.2 Å². The lowest BCUT2D eigenvalue weighted by atomic mass is 10.1. The average Bonchev–Trinajstić information content (AvgIpc) is 2.47. The topological polar surface area (TPSA) is 63.8 Å². The second-order valence-corrected chi connectivity index (χ2v) is 3.95. The minimum atomic E-state index is 0.761. The predicted octanol–water partition coefficient (Wildman–Crippen LogP) is 2.58. The molecule has 0 amide bonds. The highest BCUT2D eigenvalue weighted by Gasteiger charge is 2.10. The maximum Gasteiger partial charge on any atom is 0.118 e. The molecule has 1 heterocycles. The lowest BCUT2D eigenvalue weighted by Crippen LogP contribution is -2.10. The van der Waals surface area contributed by atoms with Gasteiger partial charge in [0.1, 0.15) is 5.69 Å². The van der Waals surface area contributed by atoms with Gasteiger partial charge in [0.05, 0.1) is 11.2 Å². The van der Waals surface area contributed by atoms with Crippen LogP contribution in [0.2, 0.25) is 0 Å². The van der Waals surface area contributed by atoms with Gasteiger partial charge in [-0.2, -0.15) is 0 Å². The van der Waals surface area contributed by atoms with Crippen molar-refractivity contribution in [3.63, 3.8) is 0 Å². The first-order valence-corrected chi connectivity index (χ1v) is 5.67. The summed E-state index contributed by atoms with van der Waals surface area (Å²) in [4.78, 5) is 0. The van der Waals surface area contributed by atoms with E-state index in [9.17, 15) is 0 Å². The van der Waals surface area contributed by atoms with Gasteiger partial charge >= 0.3 is 0 Å². The molecule has 0 unspecified atom stereocenters. The Morgan fingerprint density at radius 3 is 2.33 bits per heavy atom. The summed E-state index contributed by atoms with van der Waals surface area (Å²) >= 11 is 0. The molecule has 88 valence electrons. The third kappa shape index (κ3) is 1.69. The number of hydrazine groups is 1. The fraction of sp³-hybridized carbons (Fsp3) is 0. The van der Waals surface area contributed by atoms with Crippen molar-refractivity contribution < 1.29 is 0 Å². The number of rotatable bonds is 2. The molecule has 18 heavy (non-hydrogen) atoms. The minimum Gasteiger partial charge on any atom is -0.321 e. The van der Waals surface area contributed by atoms with Gasteiger partial charge in [0, 0.05) is 10.9 Å². The van der Waals surface area contributed by atoms with Gasteiger partial charge in [0.2, 0.25) is 0 Å². The summed E-state index contributed by atoms with van der Waals surface area (Å²) in [6.07, 6.45) is 0. The molecule has 3 rings (SSSR count). The first kappa shape index (κ1) is 10.7. The zero-order valence-corrected chi connectivity index (χ0v) is 9.67. The summed E-state index contributed by atoms with van der Waals surface area (Å²) in [6, 6.07) is 17.6. The van der Waals surface area contributed by atoms with E-state index in [2.05, 4.69) is 15.6 Å². The smallest absolute Gasteiger partial charge is 0.118 e. The van der Waals surface area contributed by atoms with E-state index in [1.807, 2.05) is 54.6 Å². The van der Waals surface area contributed by atoms with Crippen molar-refractivity contribution in [2.45, 2.75) is 0 Å². The Hall–Kier alpha value is -2.46. The normalized spacial score (nSPS) is 10.5. The highest BCUT2D eigenvalue weighted by atomic mass is 15.2. The third-order valence-corrected chi connectivity index (χ3v) is 2.86. The number of anilines is 1. The van der Waals surface area contributed by atoms with Gasteiger partial charge in [-0.1, -0.05) is 48.5 Å². The van der Waals surface area contributed by atoms with Crippen LogP contribution in [0.1, 0.15) is 0 Å². The molecule has 0 aliphatic carbocycles. The van der Waals surface area contributed by atoms with E-state index in [-0.39, 0.29) is 0 Å². The van der Waals surface area contributed by atoms with Crippen LogP contribution in [-0.4, -0.2) is 10.2 Å². The molecule has 2 aromatic carbocycles. The molecule has 1 aromatic heterocycles. The summed E-state index contributed by atoms with van der Waals surface area (Å²) in [5, 5.41) is 9.44. The van der Waals surface area contributed by atoms with E-state index < -0.39 is 0 Å². The Kier molecular flexibility index (Phi) is 2.63. The molecule has 4 nitrogen and oxygen atoms in total. The average molecular weight is 236 g/mol. The van der Waals surface area contributed by atoms with Crippen LogP contribution in [0.4, 0.5) is 5.69 Å². The number of nitrogen functional groups attached to an aromatic ring is 1. The number of hydrogen-bond donors (Lipinski definition) is 2. The molecule has 0 atom stereocenters. The summed E-state index contributed by atoms with van der Waals surface area (Å²) in [5.41, 5.74) is 6.11. The fourth-order valence-corrected chi connectivity index (χ4v) is 2.00. The number of fused-ring (bicyclic) bond motifs is 1. The Balaban J connectivity index is 2.31. The summed E-state index contributed by atoms with van der Waals surface area (Å²) < 4.78 is 0. The molecule has 0 saturated carbocycles. The lowest BCUT2D eigenvalue weighted by Gasteiger charge is -2.10. The van der Waals surface area contributed by atoms with Crippen molar-refractivity contribution in [1.29, 1.82) is 0 Å². The quantitative estimate of drug-likeness (QED) is 0.530. The third-order valence-electron chi connectivity index (χ3n) is 2.86. The SMILES string of the molecule is NNc1c(-c2ccccc2)nnc2ccccc12. The van der Waals surface area contributed by atoms with E-state index in [4.69, 9.17) is 5.84 Å². The van der Waals surface area contributed by atoms with Crippen molar-refractivity contribution in [2.75, 3.05) is 5.43 Å². The van der Waals surface area contributed by atoms with Gasteiger partial charge in [-0.25, -0.2) is 0 Å². The molecule has 3 N–H and O–H groups in total. The summed E-state index contributed by atoms with van der Waals surface area (Å²) in [6.45, 7) is 0. The van der Waals surface area contributed by atoms with E-state index in [0.29, 0.717) is 0 Å². The number of nitrogens with two attached hydrogens (primary N) is 1. The molecule has 0 spiro atoms. The second kappa shape index (κ2) is 4.43. The molecule has 0 radical (unpaired) electrons. The van der Waals surface area contributed by atoms with Crippen LogP contribution in [0.5, 0.6) is 0 Å². The molecule has 4 heteroatoms. The first-order valence-electron chi connectivity index (χ1n) is 5.67. The van der Waals surface area contributed by atoms with Gasteiger partial charge in [-0.3, -0.25) is 5.84 Å². The van der Waals surface area contributed by atoms with E-state index in [1.54, 1.807) is 0 Å². The standard InChI is InChI=1S/C14H12N4/c15-16-14-11-8-4-5-9-12(11)17-18-13(14)10-6-2-1-3-7-10/h1-9H,15H2,(H,16,17). The van der Waals surface area contributed by atoms with Gasteiger partial charge in [-0.05, 0) is 6.07 Å². The number of aromatic nitrogens is 2. The van der Waals surface area contributed by atoms with E-state index >= 15 is 0 Å². The van der Waals surface area contributed by atoms with Gasteiger partial charge < -0.3 is 5.43 Å². The van der Waals surface area contributed by atoms with Gasteiger partial charge in [0.25, 0.3) is 0 Å². The largest absolute Gasteiger partial charge is 0.321 e.